The van der Waals surface area contributed by atoms with Gasteiger partial charge in [-0.2, -0.15) is 0 Å². The highest BCUT2D eigenvalue weighted by Gasteiger charge is 2.36. The van der Waals surface area contributed by atoms with Gasteiger partial charge in [-0.05, 0) is 67.8 Å². The minimum Gasteiger partial charge on any atom is -0.478 e. The zero-order chi connectivity index (χ0) is 43.5. The van der Waals surface area contributed by atoms with Gasteiger partial charge in [-0.15, -0.1) is 0 Å². The molecular weight excluding hydrogens is 720 g/mol. The summed E-state index contributed by atoms with van der Waals surface area (Å²) < 4.78 is 0. The number of benzene rings is 4. The van der Waals surface area contributed by atoms with Gasteiger partial charge in [0.05, 0.1) is 47.2 Å². The van der Waals surface area contributed by atoms with Crippen molar-refractivity contribution in [1.82, 2.24) is 0 Å². The molecule has 0 amide bonds. The second-order valence-corrected chi connectivity index (χ2v) is 14.2. The maximum absolute atomic E-state index is 10.2. The topological polar surface area (TPSA) is 230 Å². The number of carbonyl (C=O) groups is 4. The van der Waals surface area contributed by atoms with Gasteiger partial charge < -0.3 is 40.9 Å². The van der Waals surface area contributed by atoms with Crippen molar-refractivity contribution in [3.8, 4) is 0 Å². The van der Waals surface area contributed by atoms with Crippen molar-refractivity contribution in [2.24, 2.45) is 16.7 Å². The molecule has 0 bridgehead atoms. The van der Waals surface area contributed by atoms with E-state index in [1.807, 2.05) is 48.5 Å². The lowest BCUT2D eigenvalue weighted by Crippen LogP contribution is -2.43. The quantitative estimate of drug-likeness (QED) is 0.0773. The van der Waals surface area contributed by atoms with E-state index in [-0.39, 0.29) is 24.5 Å². The van der Waals surface area contributed by atoms with Gasteiger partial charge in [0.2, 0.25) is 0 Å². The van der Waals surface area contributed by atoms with E-state index in [1.165, 1.54) is 0 Å². The Morgan fingerprint density at radius 3 is 0.821 bits per heavy atom. The normalized spacial score (nSPS) is 11.9. The molecule has 0 aliphatic carbocycles. The molecule has 0 aliphatic heterocycles. The van der Waals surface area contributed by atoms with Crippen molar-refractivity contribution in [3.63, 3.8) is 0 Å². The van der Waals surface area contributed by atoms with E-state index in [2.05, 4.69) is 0 Å². The van der Waals surface area contributed by atoms with Crippen LogP contribution in [0.3, 0.4) is 0 Å². The summed E-state index contributed by atoms with van der Waals surface area (Å²) in [5.41, 5.74) is -0.206. The van der Waals surface area contributed by atoms with E-state index in [1.54, 1.807) is 128 Å². The fourth-order valence-electron chi connectivity index (χ4n) is 3.97. The predicted molar refractivity (Wildman–Crippen MR) is 217 cm³/mol. The third-order valence-corrected chi connectivity index (χ3v) is 8.46. The fraction of sp³-hybridized carbons (Fsp3) is 0.364. The highest BCUT2D eigenvalue weighted by molar-refractivity contribution is 5.88. The first-order valence-corrected chi connectivity index (χ1v) is 17.8. The Balaban J connectivity index is 0. The first-order chi connectivity index (χ1) is 26.0. The summed E-state index contributed by atoms with van der Waals surface area (Å²) in [7, 11) is 0. The van der Waals surface area contributed by atoms with Crippen LogP contribution in [0.25, 0.3) is 0 Å². The number of aliphatic hydroxyl groups is 4. The molecule has 0 heterocycles. The van der Waals surface area contributed by atoms with Gasteiger partial charge in [-0.3, -0.25) is 0 Å². The Bertz CT molecular complexity index is 1440. The van der Waals surface area contributed by atoms with Crippen LogP contribution in [0.5, 0.6) is 0 Å². The highest BCUT2D eigenvalue weighted by Crippen LogP contribution is 2.32. The first kappa shape index (κ1) is 52.7. The van der Waals surface area contributed by atoms with Crippen LogP contribution >= 0.6 is 0 Å². The van der Waals surface area contributed by atoms with Gasteiger partial charge in [0.25, 0.3) is 0 Å². The van der Waals surface area contributed by atoms with Gasteiger partial charge in [-0.25, -0.2) is 19.2 Å². The molecule has 0 saturated carbocycles. The molecule has 8 N–H and O–H groups in total. The number of aromatic carboxylic acids is 4. The Labute approximate surface area is 330 Å². The maximum atomic E-state index is 10.2. The van der Waals surface area contributed by atoms with E-state index in [4.69, 9.17) is 30.6 Å². The van der Waals surface area contributed by atoms with Crippen LogP contribution in [0.15, 0.2) is 121 Å². The number of carboxylic acid groups (broad SMARTS) is 4. The lowest BCUT2D eigenvalue weighted by Gasteiger charge is -2.37. The summed E-state index contributed by atoms with van der Waals surface area (Å²) in [6.07, 6.45) is 0.248. The van der Waals surface area contributed by atoms with E-state index >= 15 is 0 Å². The van der Waals surface area contributed by atoms with E-state index in [0.717, 1.165) is 0 Å². The van der Waals surface area contributed by atoms with Crippen LogP contribution < -0.4 is 0 Å². The van der Waals surface area contributed by atoms with Crippen LogP contribution in [0, 0.1) is 16.7 Å². The van der Waals surface area contributed by atoms with Crippen molar-refractivity contribution in [1.29, 1.82) is 0 Å². The Kier molecular flexibility index (Phi) is 25.6. The van der Waals surface area contributed by atoms with Gasteiger partial charge in [0, 0.05) is 10.8 Å². The fourth-order valence-corrected chi connectivity index (χ4v) is 3.97. The van der Waals surface area contributed by atoms with Crippen molar-refractivity contribution >= 4 is 23.9 Å². The van der Waals surface area contributed by atoms with Crippen molar-refractivity contribution in [3.05, 3.63) is 144 Å². The summed E-state index contributed by atoms with van der Waals surface area (Å²) in [4.78, 5) is 40.8. The molecule has 4 rings (SSSR count). The van der Waals surface area contributed by atoms with E-state index in [0.29, 0.717) is 28.7 Å². The summed E-state index contributed by atoms with van der Waals surface area (Å²) in [5.74, 6) is -3.31. The molecule has 2 atom stereocenters. The molecule has 0 aromatic heterocycles. The smallest absolute Gasteiger partial charge is 0.335 e. The SMILES string of the molecule is CC(C)C(O)C(C)(C)CO.CCC(C)(O)C(C)(C)CO.O=C(O)c1ccccc1.O=C(O)c1ccccc1.O=C(O)c1ccccc1.O=C(O)c1ccccc1. The zero-order valence-electron chi connectivity index (χ0n) is 33.5. The molecule has 308 valence electrons. The molecule has 12 heteroatoms. The van der Waals surface area contributed by atoms with Gasteiger partial charge >= 0.3 is 23.9 Å². The predicted octanol–water partition coefficient (Wildman–Crippen LogP) is 7.73. The zero-order valence-corrected chi connectivity index (χ0v) is 33.5. The van der Waals surface area contributed by atoms with E-state index in [9.17, 15) is 29.4 Å². The molecule has 4 aromatic rings. The Hall–Kier alpha value is -5.40. The molecule has 0 radical (unpaired) electrons. The number of rotatable bonds is 10. The van der Waals surface area contributed by atoms with Crippen LogP contribution in [0.4, 0.5) is 0 Å². The van der Waals surface area contributed by atoms with E-state index < -0.39 is 41.0 Å². The third kappa shape index (κ3) is 22.1. The lowest BCUT2D eigenvalue weighted by atomic mass is 9.75. The van der Waals surface area contributed by atoms with Crippen molar-refractivity contribution in [2.45, 2.75) is 73.5 Å². The summed E-state index contributed by atoms with van der Waals surface area (Å²) in [6.45, 7) is 15.0. The van der Waals surface area contributed by atoms with Gasteiger partial charge in [0.1, 0.15) is 0 Å². The van der Waals surface area contributed by atoms with Crippen molar-refractivity contribution in [2.75, 3.05) is 13.2 Å². The summed E-state index contributed by atoms with van der Waals surface area (Å²) >= 11 is 0. The maximum Gasteiger partial charge on any atom is 0.335 e. The second kappa shape index (κ2) is 27.2. The second-order valence-electron chi connectivity index (χ2n) is 14.2. The molecular formula is C44H60O12. The molecule has 4 aromatic carbocycles. The van der Waals surface area contributed by atoms with Crippen LogP contribution in [0.2, 0.25) is 0 Å². The van der Waals surface area contributed by atoms with Gasteiger partial charge in [-0.1, -0.05) is 121 Å². The summed E-state index contributed by atoms with van der Waals surface area (Å²) in [5, 5.41) is 70.5. The van der Waals surface area contributed by atoms with Gasteiger partial charge in [0.15, 0.2) is 0 Å². The number of aliphatic hydroxyl groups excluding tert-OH is 3. The standard InChI is InChI=1S/2C8H18O2.4C7H6O2/c1-6(2)7(10)8(3,4)5-9;1-5-8(4,10)7(2,3)6-9;4*8-7(9)6-4-2-1-3-5-6/h6-7,9-10H,5H2,1-4H3;9-10H,5-6H2,1-4H3;4*1-5H,(H,8,9). The average molecular weight is 781 g/mol. The highest BCUT2D eigenvalue weighted by atomic mass is 16.4. The summed E-state index contributed by atoms with van der Waals surface area (Å²) in [6, 6.07) is 33.2. The molecule has 0 fully saturated rings. The molecule has 56 heavy (non-hydrogen) atoms. The first-order valence-electron chi connectivity index (χ1n) is 17.8. The monoisotopic (exact) mass is 780 g/mol. The molecule has 2 unspecified atom stereocenters. The van der Waals surface area contributed by atoms with Crippen LogP contribution in [-0.4, -0.2) is 89.6 Å². The van der Waals surface area contributed by atoms with Crippen LogP contribution in [0.1, 0.15) is 103 Å². The minimum atomic E-state index is -0.879. The van der Waals surface area contributed by atoms with Crippen LogP contribution in [-0.2, 0) is 0 Å². The molecule has 0 aliphatic rings. The number of hydrogen-bond acceptors (Lipinski definition) is 8. The minimum absolute atomic E-state index is 0.0217. The number of carboxylic acids is 4. The Morgan fingerprint density at radius 1 is 0.500 bits per heavy atom. The largest absolute Gasteiger partial charge is 0.478 e. The molecule has 12 nitrogen and oxygen atoms in total. The average Bonchev–Trinajstić information content (AvgIpc) is 3.20. The Morgan fingerprint density at radius 2 is 0.732 bits per heavy atom. The molecule has 0 saturated heterocycles. The number of hydrogen-bond donors (Lipinski definition) is 8. The van der Waals surface area contributed by atoms with Crippen molar-refractivity contribution < 1.29 is 60.0 Å². The third-order valence-electron chi connectivity index (χ3n) is 8.46. The molecule has 0 spiro atoms. The lowest BCUT2D eigenvalue weighted by molar-refractivity contribution is -0.0788.